The predicted octanol–water partition coefficient (Wildman–Crippen LogP) is 5.11. The third-order valence-electron chi connectivity index (χ3n) is 4.24. The number of rotatable bonds is 1. The van der Waals surface area contributed by atoms with E-state index in [1.165, 1.54) is 0 Å². The second-order valence-electron chi connectivity index (χ2n) is 7.31. The van der Waals surface area contributed by atoms with Gasteiger partial charge in [-0.25, -0.2) is 4.79 Å². The minimum Gasteiger partial charge on any atom is -0.444 e. The largest absolute Gasteiger partial charge is 0.444 e. The molecule has 1 aliphatic rings. The summed E-state index contributed by atoms with van der Waals surface area (Å²) in [6.45, 7) is 7.14. The van der Waals surface area contributed by atoms with E-state index in [1.54, 1.807) is 4.90 Å². The molecule has 0 spiro atoms. The highest BCUT2D eigenvalue weighted by molar-refractivity contribution is 9.10. The van der Waals surface area contributed by atoms with E-state index in [0.29, 0.717) is 5.92 Å². The molecule has 0 N–H and O–H groups in total. The van der Waals surface area contributed by atoms with Gasteiger partial charge in [0.25, 0.3) is 0 Å². The number of pyridine rings is 1. The zero-order valence-electron chi connectivity index (χ0n) is 14.4. The van der Waals surface area contributed by atoms with Gasteiger partial charge in [0.1, 0.15) is 5.60 Å². The molecular formula is C19H23BrN2O2. The summed E-state index contributed by atoms with van der Waals surface area (Å²) in [6.07, 6.45) is 1.64. The maximum Gasteiger partial charge on any atom is 0.410 e. The van der Waals surface area contributed by atoms with Crippen molar-refractivity contribution in [3.8, 4) is 0 Å². The van der Waals surface area contributed by atoms with Crippen LogP contribution >= 0.6 is 15.9 Å². The summed E-state index contributed by atoms with van der Waals surface area (Å²) < 4.78 is 6.52. The molecule has 0 aliphatic carbocycles. The Morgan fingerprint density at radius 1 is 1.21 bits per heavy atom. The molecule has 0 unspecified atom stereocenters. The standard InChI is InChI=1S/C19H23BrN2O2/c1-19(2,3)24-18(23)22-10-8-13(9-11-22)16-6-4-14-12-15(20)5-7-17(14)21-16/h4-7,12-13H,8-11H2,1-3H3. The number of hydrogen-bond acceptors (Lipinski definition) is 3. The lowest BCUT2D eigenvalue weighted by Crippen LogP contribution is -2.41. The van der Waals surface area contributed by atoms with Crippen molar-refractivity contribution < 1.29 is 9.53 Å². The van der Waals surface area contributed by atoms with Crippen LogP contribution in [0.25, 0.3) is 10.9 Å². The zero-order valence-corrected chi connectivity index (χ0v) is 16.0. The smallest absolute Gasteiger partial charge is 0.410 e. The van der Waals surface area contributed by atoms with Crippen molar-refractivity contribution in [1.82, 2.24) is 9.88 Å². The summed E-state index contributed by atoms with van der Waals surface area (Å²) in [6, 6.07) is 10.4. The Labute approximate surface area is 151 Å². The first-order valence-corrected chi connectivity index (χ1v) is 9.15. The first-order valence-electron chi connectivity index (χ1n) is 8.36. The fraction of sp³-hybridized carbons (Fsp3) is 0.474. The lowest BCUT2D eigenvalue weighted by molar-refractivity contribution is 0.0204. The molecule has 5 heteroatoms. The highest BCUT2D eigenvalue weighted by Gasteiger charge is 2.28. The Morgan fingerprint density at radius 3 is 2.58 bits per heavy atom. The number of piperidine rings is 1. The molecule has 1 aromatic carbocycles. The predicted molar refractivity (Wildman–Crippen MR) is 99.2 cm³/mol. The van der Waals surface area contributed by atoms with Crippen LogP contribution in [-0.4, -0.2) is 34.7 Å². The summed E-state index contributed by atoms with van der Waals surface area (Å²) in [5.74, 6) is 0.400. The van der Waals surface area contributed by atoms with Gasteiger partial charge in [0.2, 0.25) is 0 Å². The normalized spacial score (nSPS) is 16.4. The van der Waals surface area contributed by atoms with Gasteiger partial charge in [-0.3, -0.25) is 4.98 Å². The van der Waals surface area contributed by atoms with Crippen LogP contribution < -0.4 is 0 Å². The average Bonchev–Trinajstić information content (AvgIpc) is 2.53. The number of ether oxygens (including phenoxy) is 1. The lowest BCUT2D eigenvalue weighted by atomic mass is 9.93. The Hall–Kier alpha value is -1.62. The van der Waals surface area contributed by atoms with Crippen LogP contribution in [0.1, 0.15) is 45.2 Å². The maximum atomic E-state index is 12.1. The van der Waals surface area contributed by atoms with Crippen LogP contribution in [-0.2, 0) is 4.74 Å². The first kappa shape index (κ1) is 17.2. The van der Waals surface area contributed by atoms with Crippen LogP contribution in [0.4, 0.5) is 4.79 Å². The van der Waals surface area contributed by atoms with Crippen molar-refractivity contribution in [3.05, 3.63) is 40.5 Å². The molecule has 1 aromatic heterocycles. The molecule has 1 saturated heterocycles. The molecule has 1 fully saturated rings. The van der Waals surface area contributed by atoms with Crippen molar-refractivity contribution in [2.75, 3.05) is 13.1 Å². The van der Waals surface area contributed by atoms with Gasteiger partial charge in [0.15, 0.2) is 0 Å². The highest BCUT2D eigenvalue weighted by Crippen LogP contribution is 2.29. The molecule has 128 valence electrons. The molecule has 0 atom stereocenters. The van der Waals surface area contributed by atoms with E-state index in [9.17, 15) is 4.79 Å². The summed E-state index contributed by atoms with van der Waals surface area (Å²) in [7, 11) is 0. The second-order valence-corrected chi connectivity index (χ2v) is 8.23. The van der Waals surface area contributed by atoms with Gasteiger partial charge >= 0.3 is 6.09 Å². The molecule has 2 aromatic rings. The van der Waals surface area contributed by atoms with E-state index in [0.717, 1.165) is 47.0 Å². The lowest BCUT2D eigenvalue weighted by Gasteiger charge is -2.33. The quantitative estimate of drug-likeness (QED) is 0.678. The molecule has 1 amide bonds. The number of carbonyl (C=O) groups excluding carboxylic acids is 1. The number of carbonyl (C=O) groups is 1. The number of amides is 1. The third-order valence-corrected chi connectivity index (χ3v) is 4.73. The fourth-order valence-electron chi connectivity index (χ4n) is 3.02. The second kappa shape index (κ2) is 6.71. The van der Waals surface area contributed by atoms with Crippen molar-refractivity contribution >= 4 is 32.9 Å². The maximum absolute atomic E-state index is 12.1. The number of likely N-dealkylation sites (tertiary alicyclic amines) is 1. The molecular weight excluding hydrogens is 368 g/mol. The van der Waals surface area contributed by atoms with E-state index < -0.39 is 5.60 Å². The number of nitrogens with zero attached hydrogens (tertiary/aromatic N) is 2. The zero-order chi connectivity index (χ0) is 17.3. The van der Waals surface area contributed by atoms with Crippen molar-refractivity contribution in [1.29, 1.82) is 0 Å². The van der Waals surface area contributed by atoms with Crippen LogP contribution in [0.5, 0.6) is 0 Å². The van der Waals surface area contributed by atoms with Gasteiger partial charge in [-0.2, -0.15) is 0 Å². The molecule has 1 aliphatic heterocycles. The molecule has 2 heterocycles. The third kappa shape index (κ3) is 4.07. The van der Waals surface area contributed by atoms with E-state index >= 15 is 0 Å². The summed E-state index contributed by atoms with van der Waals surface area (Å²) in [5.41, 5.74) is 1.70. The van der Waals surface area contributed by atoms with Crippen LogP contribution in [0.15, 0.2) is 34.8 Å². The van der Waals surface area contributed by atoms with Crippen LogP contribution in [0, 0.1) is 0 Å². The highest BCUT2D eigenvalue weighted by atomic mass is 79.9. The fourth-order valence-corrected chi connectivity index (χ4v) is 3.40. The van der Waals surface area contributed by atoms with E-state index in [2.05, 4.69) is 34.1 Å². The average molecular weight is 391 g/mol. The van der Waals surface area contributed by atoms with Gasteiger partial charge in [-0.1, -0.05) is 22.0 Å². The Balaban J connectivity index is 1.66. The monoisotopic (exact) mass is 390 g/mol. The summed E-state index contributed by atoms with van der Waals surface area (Å²) in [5, 5.41) is 1.14. The number of halogens is 1. The van der Waals surface area contributed by atoms with Gasteiger partial charge in [0.05, 0.1) is 5.52 Å². The van der Waals surface area contributed by atoms with Crippen LogP contribution in [0.2, 0.25) is 0 Å². The molecule has 4 nitrogen and oxygen atoms in total. The Morgan fingerprint density at radius 2 is 1.92 bits per heavy atom. The summed E-state index contributed by atoms with van der Waals surface area (Å²) in [4.78, 5) is 18.8. The van der Waals surface area contributed by atoms with Gasteiger partial charge in [-0.05, 0) is 57.9 Å². The molecule has 24 heavy (non-hydrogen) atoms. The molecule has 0 radical (unpaired) electrons. The number of aromatic nitrogens is 1. The minimum atomic E-state index is -0.442. The minimum absolute atomic E-state index is 0.211. The van der Waals surface area contributed by atoms with Crippen molar-refractivity contribution in [2.24, 2.45) is 0 Å². The SMILES string of the molecule is CC(C)(C)OC(=O)N1CCC(c2ccc3cc(Br)ccc3n2)CC1. The van der Waals surface area contributed by atoms with Crippen LogP contribution in [0.3, 0.4) is 0 Å². The molecule has 3 rings (SSSR count). The van der Waals surface area contributed by atoms with Crippen molar-refractivity contribution in [2.45, 2.75) is 45.1 Å². The van der Waals surface area contributed by atoms with E-state index in [-0.39, 0.29) is 6.09 Å². The Bertz CT molecular complexity index is 747. The number of benzene rings is 1. The van der Waals surface area contributed by atoms with Gasteiger partial charge in [-0.15, -0.1) is 0 Å². The first-order chi connectivity index (χ1) is 11.3. The van der Waals surface area contributed by atoms with Gasteiger partial charge in [0, 0.05) is 34.6 Å². The van der Waals surface area contributed by atoms with E-state index in [1.807, 2.05) is 32.9 Å². The topological polar surface area (TPSA) is 42.4 Å². The van der Waals surface area contributed by atoms with Crippen molar-refractivity contribution in [3.63, 3.8) is 0 Å². The number of fused-ring (bicyclic) bond motifs is 1. The van der Waals surface area contributed by atoms with E-state index in [4.69, 9.17) is 9.72 Å². The summed E-state index contributed by atoms with van der Waals surface area (Å²) >= 11 is 3.49. The van der Waals surface area contributed by atoms with Gasteiger partial charge < -0.3 is 9.64 Å². The number of hydrogen-bond donors (Lipinski definition) is 0. The molecule has 0 saturated carbocycles. The molecule has 0 bridgehead atoms. The Kier molecular flexibility index (Phi) is 4.81.